The maximum Gasteiger partial charge on any atom is 0.328 e. The lowest BCUT2D eigenvalue weighted by Crippen LogP contribution is -2.14. The Morgan fingerprint density at radius 3 is 2.38 bits per heavy atom. The molecular formula is C2H4N2O2S2. The second-order valence-corrected chi connectivity index (χ2v) is 2.59. The van der Waals surface area contributed by atoms with Crippen LogP contribution in [0.3, 0.4) is 0 Å². The predicted molar refractivity (Wildman–Crippen MR) is 33.0 cm³/mol. The van der Waals surface area contributed by atoms with Crippen LogP contribution in [0.1, 0.15) is 0 Å². The summed E-state index contributed by atoms with van der Waals surface area (Å²) in [7, 11) is -2.27. The molecule has 0 rings (SSSR count). The molecule has 0 aliphatic heterocycles. The molecule has 0 amide bonds. The highest BCUT2D eigenvalue weighted by Crippen LogP contribution is 1.77. The fraction of sp³-hybridized carbons (Fsp3) is 0.500. The number of rotatable bonds is 2. The van der Waals surface area contributed by atoms with Crippen molar-refractivity contribution < 1.29 is 8.42 Å². The monoisotopic (exact) mass is 152 g/mol. The van der Waals surface area contributed by atoms with E-state index in [2.05, 4.69) is 16.6 Å². The minimum Gasteiger partial charge on any atom is -0.199 e. The highest BCUT2D eigenvalue weighted by atomic mass is 32.2. The van der Waals surface area contributed by atoms with Crippen LogP contribution in [-0.4, -0.2) is 20.6 Å². The Balaban J connectivity index is 4.41. The molecule has 0 heterocycles. The van der Waals surface area contributed by atoms with Gasteiger partial charge in [0.15, 0.2) is 0 Å². The Hall–Kier alpha value is -0.290. The molecule has 0 radical (unpaired) electrons. The maximum absolute atomic E-state index is 10.2. The summed E-state index contributed by atoms with van der Waals surface area (Å²) in [4.78, 5) is 0. The van der Waals surface area contributed by atoms with Gasteiger partial charge in [0, 0.05) is 7.05 Å². The fourth-order valence-electron chi connectivity index (χ4n) is 0.0947. The van der Waals surface area contributed by atoms with Gasteiger partial charge in [-0.25, -0.2) is 0 Å². The Morgan fingerprint density at radius 2 is 2.25 bits per heavy atom. The fourth-order valence-corrected chi connectivity index (χ4v) is 0.578. The van der Waals surface area contributed by atoms with E-state index in [0.717, 1.165) is 0 Å². The molecule has 0 atom stereocenters. The number of hydrogen-bond acceptors (Lipinski definition) is 3. The van der Waals surface area contributed by atoms with Crippen molar-refractivity contribution in [1.82, 2.24) is 4.72 Å². The zero-order valence-corrected chi connectivity index (χ0v) is 5.71. The third kappa shape index (κ3) is 2.81. The molecular weight excluding hydrogens is 148 g/mol. The molecule has 0 unspecified atom stereocenters. The molecule has 0 saturated carbocycles. The molecule has 0 fully saturated rings. The molecule has 0 aromatic carbocycles. The van der Waals surface area contributed by atoms with Gasteiger partial charge in [-0.15, -0.1) is 0 Å². The smallest absolute Gasteiger partial charge is 0.199 e. The molecule has 0 spiro atoms. The van der Waals surface area contributed by atoms with Crippen LogP contribution in [0.15, 0.2) is 4.40 Å². The van der Waals surface area contributed by atoms with Gasteiger partial charge in [-0.2, -0.15) is 13.1 Å². The van der Waals surface area contributed by atoms with E-state index in [-0.39, 0.29) is 0 Å². The molecule has 0 aromatic heterocycles. The van der Waals surface area contributed by atoms with E-state index in [4.69, 9.17) is 0 Å². The SMILES string of the molecule is CNS(=O)(=O)N=C=S. The molecule has 0 aliphatic rings. The van der Waals surface area contributed by atoms with Crippen LogP contribution in [0.4, 0.5) is 0 Å². The standard InChI is InChI=1S/C2H4N2O2S2/c1-3-8(5,6)4-2-7/h3H,1H3. The van der Waals surface area contributed by atoms with Gasteiger partial charge in [-0.3, -0.25) is 0 Å². The zero-order chi connectivity index (χ0) is 6.62. The highest BCUT2D eigenvalue weighted by molar-refractivity contribution is 7.89. The Kier molecular flexibility index (Phi) is 2.78. The van der Waals surface area contributed by atoms with Gasteiger partial charge in [0.1, 0.15) is 0 Å². The summed E-state index contributed by atoms with van der Waals surface area (Å²) in [5.41, 5.74) is 0. The average molecular weight is 152 g/mol. The largest absolute Gasteiger partial charge is 0.328 e. The van der Waals surface area contributed by atoms with Gasteiger partial charge in [0.25, 0.3) is 0 Å². The highest BCUT2D eigenvalue weighted by Gasteiger charge is 1.97. The van der Waals surface area contributed by atoms with Crippen molar-refractivity contribution in [1.29, 1.82) is 0 Å². The average Bonchev–Trinajstić information content (AvgIpc) is 1.67. The van der Waals surface area contributed by atoms with E-state index in [1.54, 1.807) is 5.16 Å². The quantitative estimate of drug-likeness (QED) is 0.431. The summed E-state index contributed by atoms with van der Waals surface area (Å²) in [6.45, 7) is 0. The van der Waals surface area contributed by atoms with Gasteiger partial charge < -0.3 is 0 Å². The second-order valence-electron chi connectivity index (χ2n) is 0.862. The van der Waals surface area contributed by atoms with Crippen molar-refractivity contribution in [2.45, 2.75) is 0 Å². The first-order valence-corrected chi connectivity index (χ1v) is 3.50. The Bertz CT molecular complexity index is 200. The molecule has 8 heavy (non-hydrogen) atoms. The second kappa shape index (κ2) is 2.88. The number of nitrogens with one attached hydrogen (secondary N) is 1. The van der Waals surface area contributed by atoms with Crippen molar-refractivity contribution in [3.63, 3.8) is 0 Å². The van der Waals surface area contributed by atoms with Gasteiger partial charge >= 0.3 is 10.2 Å². The lowest BCUT2D eigenvalue weighted by molar-refractivity contribution is 0.590. The minimum atomic E-state index is -3.51. The molecule has 1 N–H and O–H groups in total. The van der Waals surface area contributed by atoms with Crippen LogP contribution in [0.5, 0.6) is 0 Å². The first-order chi connectivity index (χ1) is 3.62. The lowest BCUT2D eigenvalue weighted by atomic mass is 11.6. The number of nitrogens with zero attached hydrogens (tertiary/aromatic N) is 1. The number of hydrogen-bond donors (Lipinski definition) is 1. The van der Waals surface area contributed by atoms with E-state index in [0.29, 0.717) is 0 Å². The van der Waals surface area contributed by atoms with Crippen molar-refractivity contribution in [2.75, 3.05) is 7.05 Å². The topological polar surface area (TPSA) is 58.5 Å². The summed E-state index contributed by atoms with van der Waals surface area (Å²) >= 11 is 4.03. The Morgan fingerprint density at radius 1 is 1.75 bits per heavy atom. The zero-order valence-electron chi connectivity index (χ0n) is 4.08. The van der Waals surface area contributed by atoms with Gasteiger partial charge in [0.05, 0.1) is 5.16 Å². The summed E-state index contributed by atoms with van der Waals surface area (Å²) < 4.78 is 25.1. The van der Waals surface area contributed by atoms with E-state index >= 15 is 0 Å². The van der Waals surface area contributed by atoms with Crippen molar-refractivity contribution >= 4 is 27.6 Å². The third-order valence-electron chi connectivity index (χ3n) is 0.415. The van der Waals surface area contributed by atoms with Crippen LogP contribution in [0, 0.1) is 0 Å². The van der Waals surface area contributed by atoms with Crippen LogP contribution in [0.25, 0.3) is 0 Å². The van der Waals surface area contributed by atoms with Crippen LogP contribution < -0.4 is 4.72 Å². The summed E-state index contributed by atoms with van der Waals surface area (Å²) in [5, 5.41) is 1.72. The maximum atomic E-state index is 10.2. The molecule has 0 aromatic rings. The van der Waals surface area contributed by atoms with Crippen molar-refractivity contribution in [3.8, 4) is 0 Å². The van der Waals surface area contributed by atoms with E-state index < -0.39 is 10.2 Å². The van der Waals surface area contributed by atoms with Crippen LogP contribution in [0.2, 0.25) is 0 Å². The molecule has 46 valence electrons. The number of isothiocyanates is 1. The molecule has 0 aliphatic carbocycles. The summed E-state index contributed by atoms with van der Waals surface area (Å²) in [5.74, 6) is 0. The molecule has 0 bridgehead atoms. The van der Waals surface area contributed by atoms with Gasteiger partial charge in [0.2, 0.25) is 0 Å². The minimum absolute atomic E-state index is 1.24. The van der Waals surface area contributed by atoms with Gasteiger partial charge in [-0.05, 0) is 12.2 Å². The van der Waals surface area contributed by atoms with E-state index in [9.17, 15) is 8.42 Å². The summed E-state index contributed by atoms with van der Waals surface area (Å²) in [6.07, 6.45) is 0. The van der Waals surface area contributed by atoms with Crippen molar-refractivity contribution in [3.05, 3.63) is 0 Å². The summed E-state index contributed by atoms with van der Waals surface area (Å²) in [6, 6.07) is 0. The van der Waals surface area contributed by atoms with E-state index in [1.165, 1.54) is 7.05 Å². The lowest BCUT2D eigenvalue weighted by Gasteiger charge is -1.85. The van der Waals surface area contributed by atoms with Crippen LogP contribution in [-0.2, 0) is 10.2 Å². The molecule has 4 nitrogen and oxygen atoms in total. The molecule has 6 heteroatoms. The predicted octanol–water partition coefficient (Wildman–Crippen LogP) is -0.447. The third-order valence-corrected chi connectivity index (χ3v) is 1.47. The van der Waals surface area contributed by atoms with Gasteiger partial charge in [-0.1, -0.05) is 4.40 Å². The van der Waals surface area contributed by atoms with Crippen LogP contribution >= 0.6 is 12.2 Å². The van der Waals surface area contributed by atoms with E-state index in [1.807, 2.05) is 4.72 Å². The first kappa shape index (κ1) is 7.71. The van der Waals surface area contributed by atoms with Crippen molar-refractivity contribution in [2.24, 2.45) is 4.40 Å². The Labute approximate surface area is 52.8 Å². The first-order valence-electron chi connectivity index (χ1n) is 1.65. The normalized spacial score (nSPS) is 10.1. The number of thiocarbonyl (C=S) groups is 1. The molecule has 0 saturated heterocycles.